The van der Waals surface area contributed by atoms with Crippen molar-refractivity contribution in [2.75, 3.05) is 11.6 Å². The van der Waals surface area contributed by atoms with E-state index in [0.29, 0.717) is 0 Å². The molecule has 0 aliphatic rings. The molecule has 2 N–H and O–H groups in total. The molecule has 0 spiro atoms. The van der Waals surface area contributed by atoms with Gasteiger partial charge in [0.1, 0.15) is 0 Å². The van der Waals surface area contributed by atoms with Crippen LogP contribution in [-0.4, -0.2) is 16.7 Å². The molecule has 0 radical (unpaired) electrons. The second kappa shape index (κ2) is 5.48. The fourth-order valence-corrected chi connectivity index (χ4v) is 1.09. The van der Waals surface area contributed by atoms with Gasteiger partial charge in [-0.05, 0) is 18.6 Å². The molecule has 0 saturated heterocycles. The van der Waals surface area contributed by atoms with E-state index in [1.165, 1.54) is 12.8 Å². The molecular weight excluding hydrogens is 164 g/mol. The first-order valence-electron chi connectivity index (χ1n) is 4.64. The topological polar surface area (TPSA) is 55.0 Å². The number of unbranched alkanes of at least 4 members (excludes halogenated alkanes) is 2. The zero-order valence-corrected chi connectivity index (χ0v) is 7.98. The van der Waals surface area contributed by atoms with Gasteiger partial charge in [-0.1, -0.05) is 19.8 Å². The lowest BCUT2D eigenvalue weighted by Gasteiger charge is -2.15. The van der Waals surface area contributed by atoms with E-state index in [1.807, 2.05) is 12.1 Å². The van der Waals surface area contributed by atoms with Gasteiger partial charge in [0.2, 0.25) is 0 Å². The van der Waals surface area contributed by atoms with Crippen molar-refractivity contribution in [3.8, 4) is 0 Å². The highest BCUT2D eigenvalue weighted by atomic mass is 15.4. The van der Waals surface area contributed by atoms with E-state index >= 15 is 0 Å². The van der Waals surface area contributed by atoms with Gasteiger partial charge < -0.3 is 0 Å². The van der Waals surface area contributed by atoms with Crippen LogP contribution in [0.25, 0.3) is 0 Å². The zero-order valence-electron chi connectivity index (χ0n) is 7.98. The highest BCUT2D eigenvalue weighted by molar-refractivity contribution is 5.33. The van der Waals surface area contributed by atoms with E-state index in [1.54, 1.807) is 11.2 Å². The zero-order chi connectivity index (χ0) is 9.52. The van der Waals surface area contributed by atoms with E-state index in [-0.39, 0.29) is 0 Å². The Morgan fingerprint density at radius 1 is 1.46 bits per heavy atom. The minimum Gasteiger partial charge on any atom is -0.293 e. The molecule has 0 saturated carbocycles. The first-order valence-corrected chi connectivity index (χ1v) is 4.64. The number of hydrogen-bond donors (Lipinski definition) is 1. The molecule has 0 fully saturated rings. The normalized spacial score (nSPS) is 10.0. The van der Waals surface area contributed by atoms with Crippen molar-refractivity contribution in [1.82, 2.24) is 10.2 Å². The van der Waals surface area contributed by atoms with Gasteiger partial charge in [0.25, 0.3) is 0 Å². The summed E-state index contributed by atoms with van der Waals surface area (Å²) in [7, 11) is 0. The van der Waals surface area contributed by atoms with Crippen molar-refractivity contribution < 1.29 is 0 Å². The fraction of sp³-hybridized carbons (Fsp3) is 0.556. The molecule has 0 aliphatic carbocycles. The Bertz CT molecular complexity index is 224. The molecule has 0 aromatic carbocycles. The molecule has 0 bridgehead atoms. The van der Waals surface area contributed by atoms with E-state index in [0.717, 1.165) is 18.8 Å². The monoisotopic (exact) mass is 180 g/mol. The summed E-state index contributed by atoms with van der Waals surface area (Å²) in [4.78, 5) is 0. The summed E-state index contributed by atoms with van der Waals surface area (Å²) in [5.74, 6) is 6.50. The molecule has 1 aromatic heterocycles. The maximum absolute atomic E-state index is 5.77. The molecule has 4 nitrogen and oxygen atoms in total. The third kappa shape index (κ3) is 3.38. The molecule has 4 heteroatoms. The SMILES string of the molecule is CCCCCN(N)c1cccnn1. The Morgan fingerprint density at radius 2 is 2.31 bits per heavy atom. The Balaban J connectivity index is 2.35. The first-order chi connectivity index (χ1) is 6.34. The van der Waals surface area contributed by atoms with E-state index in [2.05, 4.69) is 17.1 Å². The van der Waals surface area contributed by atoms with Gasteiger partial charge in [0.15, 0.2) is 5.82 Å². The van der Waals surface area contributed by atoms with Gasteiger partial charge in [-0.25, -0.2) is 5.84 Å². The average Bonchev–Trinajstić information content (AvgIpc) is 2.19. The molecule has 13 heavy (non-hydrogen) atoms. The van der Waals surface area contributed by atoms with Crippen LogP contribution in [0, 0.1) is 0 Å². The summed E-state index contributed by atoms with van der Waals surface area (Å²) >= 11 is 0. The van der Waals surface area contributed by atoms with Crippen LogP contribution in [0.2, 0.25) is 0 Å². The smallest absolute Gasteiger partial charge is 0.165 e. The largest absolute Gasteiger partial charge is 0.293 e. The van der Waals surface area contributed by atoms with Gasteiger partial charge in [0, 0.05) is 12.7 Å². The lowest BCUT2D eigenvalue weighted by Crippen LogP contribution is -2.32. The lowest BCUT2D eigenvalue weighted by atomic mass is 10.2. The van der Waals surface area contributed by atoms with Crippen LogP contribution in [0.1, 0.15) is 26.2 Å². The second-order valence-corrected chi connectivity index (χ2v) is 2.98. The van der Waals surface area contributed by atoms with Crippen LogP contribution >= 0.6 is 0 Å². The maximum atomic E-state index is 5.77. The number of nitrogens with zero attached hydrogens (tertiary/aromatic N) is 3. The molecular formula is C9H16N4. The van der Waals surface area contributed by atoms with E-state index < -0.39 is 0 Å². The summed E-state index contributed by atoms with van der Waals surface area (Å²) in [6.07, 6.45) is 5.15. The molecule has 0 atom stereocenters. The van der Waals surface area contributed by atoms with Crippen LogP contribution in [0.4, 0.5) is 5.82 Å². The van der Waals surface area contributed by atoms with Crippen LogP contribution < -0.4 is 10.9 Å². The molecule has 0 amide bonds. The summed E-state index contributed by atoms with van der Waals surface area (Å²) in [6.45, 7) is 3.01. The summed E-state index contributed by atoms with van der Waals surface area (Å²) in [5.41, 5.74) is 0. The predicted octanol–water partition coefficient (Wildman–Crippen LogP) is 1.35. The summed E-state index contributed by atoms with van der Waals surface area (Å²) in [6, 6.07) is 3.70. The number of rotatable bonds is 5. The van der Waals surface area contributed by atoms with Crippen molar-refractivity contribution >= 4 is 5.82 Å². The standard InChI is InChI=1S/C9H16N4/c1-2-3-4-8-13(10)9-6-5-7-11-12-9/h5-7H,2-4,8,10H2,1H3. The van der Waals surface area contributed by atoms with Gasteiger partial charge >= 0.3 is 0 Å². The van der Waals surface area contributed by atoms with Crippen molar-refractivity contribution in [1.29, 1.82) is 0 Å². The molecule has 0 unspecified atom stereocenters. The molecule has 1 heterocycles. The van der Waals surface area contributed by atoms with Crippen LogP contribution in [-0.2, 0) is 0 Å². The van der Waals surface area contributed by atoms with E-state index in [4.69, 9.17) is 5.84 Å². The molecule has 1 rings (SSSR count). The Morgan fingerprint density at radius 3 is 2.92 bits per heavy atom. The third-order valence-corrected chi connectivity index (χ3v) is 1.86. The Labute approximate surface area is 78.7 Å². The van der Waals surface area contributed by atoms with Gasteiger partial charge in [-0.15, -0.1) is 5.10 Å². The predicted molar refractivity (Wildman–Crippen MR) is 53.1 cm³/mol. The fourth-order valence-electron chi connectivity index (χ4n) is 1.09. The van der Waals surface area contributed by atoms with Crippen LogP contribution in [0.15, 0.2) is 18.3 Å². The highest BCUT2D eigenvalue weighted by Gasteiger charge is 2.00. The quantitative estimate of drug-likeness (QED) is 0.422. The van der Waals surface area contributed by atoms with E-state index in [9.17, 15) is 0 Å². The highest BCUT2D eigenvalue weighted by Crippen LogP contribution is 2.04. The van der Waals surface area contributed by atoms with Crippen molar-refractivity contribution in [3.05, 3.63) is 18.3 Å². The minimum absolute atomic E-state index is 0.735. The van der Waals surface area contributed by atoms with Crippen LogP contribution in [0.5, 0.6) is 0 Å². The van der Waals surface area contributed by atoms with Crippen molar-refractivity contribution in [2.24, 2.45) is 5.84 Å². The first kappa shape index (κ1) is 9.92. The Kier molecular flexibility index (Phi) is 4.18. The van der Waals surface area contributed by atoms with Crippen molar-refractivity contribution in [2.45, 2.75) is 26.2 Å². The van der Waals surface area contributed by atoms with Gasteiger partial charge in [0.05, 0.1) is 0 Å². The summed E-state index contributed by atoms with van der Waals surface area (Å²) in [5, 5.41) is 9.31. The molecule has 1 aromatic rings. The number of hydrogen-bond acceptors (Lipinski definition) is 4. The van der Waals surface area contributed by atoms with Gasteiger partial charge in [-0.2, -0.15) is 5.10 Å². The Hall–Kier alpha value is -1.16. The number of hydrazine groups is 1. The van der Waals surface area contributed by atoms with Gasteiger partial charge in [-0.3, -0.25) is 5.01 Å². The number of nitrogens with two attached hydrogens (primary N) is 1. The van der Waals surface area contributed by atoms with Crippen molar-refractivity contribution in [3.63, 3.8) is 0 Å². The third-order valence-electron chi connectivity index (χ3n) is 1.86. The lowest BCUT2D eigenvalue weighted by molar-refractivity contribution is 0.680. The number of anilines is 1. The molecule has 0 aliphatic heterocycles. The van der Waals surface area contributed by atoms with Crippen LogP contribution in [0.3, 0.4) is 0 Å². The average molecular weight is 180 g/mol. The second-order valence-electron chi connectivity index (χ2n) is 2.98. The minimum atomic E-state index is 0.735. The number of aromatic nitrogens is 2. The summed E-state index contributed by atoms with van der Waals surface area (Å²) < 4.78 is 0. The molecule has 72 valence electrons. The maximum Gasteiger partial charge on any atom is 0.165 e.